The van der Waals surface area contributed by atoms with Crippen molar-refractivity contribution in [2.75, 3.05) is 0 Å². The summed E-state index contributed by atoms with van der Waals surface area (Å²) in [7, 11) is 0. The van der Waals surface area contributed by atoms with Crippen LogP contribution in [-0.4, -0.2) is 10.1 Å². The number of halogens is 1. The molecule has 5 heteroatoms. The molecule has 4 nitrogen and oxygen atoms in total. The molecule has 0 saturated heterocycles. The molecular formula is C15H12ClNO3. The highest BCUT2D eigenvalue weighted by Gasteiger charge is 2.13. The molecule has 0 radical (unpaired) electrons. The normalized spacial score (nSPS) is 12.8. The molecule has 3 aromatic rings. The van der Waals surface area contributed by atoms with Gasteiger partial charge in [0.1, 0.15) is 6.10 Å². The Balaban J connectivity index is 2.06. The molecule has 0 bridgehead atoms. The van der Waals surface area contributed by atoms with Crippen LogP contribution in [0.25, 0.3) is 11.1 Å². The Labute approximate surface area is 119 Å². The van der Waals surface area contributed by atoms with E-state index in [9.17, 15) is 9.90 Å². The van der Waals surface area contributed by atoms with Gasteiger partial charge in [-0.05, 0) is 47.9 Å². The van der Waals surface area contributed by atoms with Gasteiger partial charge in [-0.3, -0.25) is 4.98 Å². The van der Waals surface area contributed by atoms with Crippen LogP contribution in [0.2, 0.25) is 5.02 Å². The lowest BCUT2D eigenvalue weighted by Gasteiger charge is -2.12. The van der Waals surface area contributed by atoms with Gasteiger partial charge >= 0.3 is 5.76 Å². The number of H-pyrrole nitrogens is 1. The Morgan fingerprint density at radius 2 is 2.00 bits per heavy atom. The van der Waals surface area contributed by atoms with Crippen molar-refractivity contribution in [1.29, 1.82) is 0 Å². The van der Waals surface area contributed by atoms with Gasteiger partial charge < -0.3 is 9.52 Å². The maximum atomic E-state index is 11.1. The van der Waals surface area contributed by atoms with Crippen LogP contribution < -0.4 is 5.76 Å². The summed E-state index contributed by atoms with van der Waals surface area (Å²) >= 11 is 6.00. The van der Waals surface area contributed by atoms with Gasteiger partial charge in [0.15, 0.2) is 5.58 Å². The number of aromatic nitrogens is 1. The Morgan fingerprint density at radius 3 is 2.75 bits per heavy atom. The standard InChI is InChI=1S/C15H12ClNO3/c1-8-4-10(6-11(16)5-8)14(18)9-2-3-12-13(7-9)20-15(19)17-12/h2-7,14,18H,1H3,(H,17,19). The van der Waals surface area contributed by atoms with Crippen molar-refractivity contribution in [1.82, 2.24) is 4.98 Å². The fraction of sp³-hybridized carbons (Fsp3) is 0.133. The maximum absolute atomic E-state index is 11.1. The summed E-state index contributed by atoms with van der Waals surface area (Å²) in [5.74, 6) is -0.509. The third kappa shape index (κ3) is 2.35. The van der Waals surface area contributed by atoms with Crippen LogP contribution in [0.5, 0.6) is 0 Å². The number of oxazole rings is 1. The van der Waals surface area contributed by atoms with E-state index in [1.54, 1.807) is 24.3 Å². The summed E-state index contributed by atoms with van der Waals surface area (Å²) in [5, 5.41) is 11.0. The zero-order valence-electron chi connectivity index (χ0n) is 10.7. The molecule has 0 aliphatic heterocycles. The number of aromatic amines is 1. The third-order valence-electron chi connectivity index (χ3n) is 3.14. The van der Waals surface area contributed by atoms with E-state index in [2.05, 4.69) is 4.98 Å². The van der Waals surface area contributed by atoms with Crippen LogP contribution >= 0.6 is 11.6 Å². The van der Waals surface area contributed by atoms with Gasteiger partial charge in [0.05, 0.1) is 5.52 Å². The highest BCUT2D eigenvalue weighted by atomic mass is 35.5. The van der Waals surface area contributed by atoms with Crippen LogP contribution in [0, 0.1) is 6.92 Å². The minimum Gasteiger partial charge on any atom is -0.408 e. The average Bonchev–Trinajstić information content (AvgIpc) is 2.75. The molecule has 1 atom stereocenters. The Morgan fingerprint density at radius 1 is 1.20 bits per heavy atom. The molecule has 0 aliphatic carbocycles. The first-order valence-electron chi connectivity index (χ1n) is 6.11. The molecule has 0 aliphatic rings. The van der Waals surface area contributed by atoms with Crippen LogP contribution in [0.15, 0.2) is 45.6 Å². The summed E-state index contributed by atoms with van der Waals surface area (Å²) in [5.41, 5.74) is 3.34. The number of aliphatic hydroxyl groups excluding tert-OH is 1. The summed E-state index contributed by atoms with van der Waals surface area (Å²) in [4.78, 5) is 13.7. The van der Waals surface area contributed by atoms with E-state index in [0.29, 0.717) is 27.2 Å². The van der Waals surface area contributed by atoms with Crippen LogP contribution in [0.4, 0.5) is 0 Å². The van der Waals surface area contributed by atoms with Crippen molar-refractivity contribution in [2.24, 2.45) is 0 Å². The molecule has 2 aromatic carbocycles. The van der Waals surface area contributed by atoms with Crippen molar-refractivity contribution in [3.05, 3.63) is 68.7 Å². The highest BCUT2D eigenvalue weighted by Crippen LogP contribution is 2.27. The summed E-state index contributed by atoms with van der Waals surface area (Å²) in [6.45, 7) is 1.91. The fourth-order valence-electron chi connectivity index (χ4n) is 2.25. The summed E-state index contributed by atoms with van der Waals surface area (Å²) < 4.78 is 4.99. The first kappa shape index (κ1) is 13.0. The smallest absolute Gasteiger partial charge is 0.408 e. The van der Waals surface area contributed by atoms with Gasteiger partial charge in [0, 0.05) is 5.02 Å². The molecule has 1 aromatic heterocycles. The molecular weight excluding hydrogens is 278 g/mol. The minimum absolute atomic E-state index is 0.422. The van der Waals surface area contributed by atoms with E-state index >= 15 is 0 Å². The maximum Gasteiger partial charge on any atom is 0.417 e. The van der Waals surface area contributed by atoms with Gasteiger partial charge in [-0.1, -0.05) is 23.7 Å². The number of hydrogen-bond acceptors (Lipinski definition) is 3. The fourth-order valence-corrected chi connectivity index (χ4v) is 2.55. The Bertz CT molecular complexity index is 814. The van der Waals surface area contributed by atoms with E-state index < -0.39 is 11.9 Å². The number of rotatable bonds is 2. The van der Waals surface area contributed by atoms with Crippen molar-refractivity contribution < 1.29 is 9.52 Å². The van der Waals surface area contributed by atoms with E-state index in [0.717, 1.165) is 5.56 Å². The van der Waals surface area contributed by atoms with E-state index in [4.69, 9.17) is 16.0 Å². The number of fused-ring (bicyclic) bond motifs is 1. The monoisotopic (exact) mass is 289 g/mol. The molecule has 0 amide bonds. The van der Waals surface area contributed by atoms with Gasteiger partial charge in [0.2, 0.25) is 0 Å². The SMILES string of the molecule is Cc1cc(Cl)cc(C(O)c2ccc3[nH]c(=O)oc3c2)c1. The minimum atomic E-state index is -0.822. The largest absolute Gasteiger partial charge is 0.417 e. The topological polar surface area (TPSA) is 66.2 Å². The quantitative estimate of drug-likeness (QED) is 0.761. The summed E-state index contributed by atoms with van der Waals surface area (Å²) in [6, 6.07) is 10.5. The molecule has 0 fully saturated rings. The molecule has 1 unspecified atom stereocenters. The molecule has 102 valence electrons. The lowest BCUT2D eigenvalue weighted by molar-refractivity contribution is 0.220. The second kappa shape index (κ2) is 4.81. The number of nitrogens with one attached hydrogen (secondary N) is 1. The van der Waals surface area contributed by atoms with Gasteiger partial charge in [0.25, 0.3) is 0 Å². The van der Waals surface area contributed by atoms with E-state index in [1.807, 2.05) is 19.1 Å². The number of aryl methyl sites for hydroxylation is 1. The van der Waals surface area contributed by atoms with Gasteiger partial charge in [-0.25, -0.2) is 4.79 Å². The molecule has 20 heavy (non-hydrogen) atoms. The van der Waals surface area contributed by atoms with Crippen molar-refractivity contribution in [3.8, 4) is 0 Å². The average molecular weight is 290 g/mol. The number of hydrogen-bond donors (Lipinski definition) is 2. The zero-order valence-corrected chi connectivity index (χ0v) is 11.4. The van der Waals surface area contributed by atoms with Crippen molar-refractivity contribution in [3.63, 3.8) is 0 Å². The molecule has 2 N–H and O–H groups in total. The number of aliphatic hydroxyl groups is 1. The lowest BCUT2D eigenvalue weighted by atomic mass is 10.00. The first-order chi connectivity index (χ1) is 9.52. The third-order valence-corrected chi connectivity index (χ3v) is 3.36. The molecule has 0 spiro atoms. The van der Waals surface area contributed by atoms with Crippen molar-refractivity contribution >= 4 is 22.7 Å². The van der Waals surface area contributed by atoms with Crippen LogP contribution in [0.3, 0.4) is 0 Å². The van der Waals surface area contributed by atoms with Crippen LogP contribution in [-0.2, 0) is 0 Å². The second-order valence-electron chi connectivity index (χ2n) is 4.73. The van der Waals surface area contributed by atoms with E-state index in [-0.39, 0.29) is 0 Å². The predicted molar refractivity (Wildman–Crippen MR) is 77.1 cm³/mol. The van der Waals surface area contributed by atoms with E-state index in [1.165, 1.54) is 0 Å². The molecule has 3 rings (SSSR count). The Kier molecular flexibility index (Phi) is 3.12. The zero-order chi connectivity index (χ0) is 14.3. The Hall–Kier alpha value is -2.04. The second-order valence-corrected chi connectivity index (χ2v) is 5.17. The van der Waals surface area contributed by atoms with Crippen molar-refractivity contribution in [2.45, 2.75) is 13.0 Å². The lowest BCUT2D eigenvalue weighted by Crippen LogP contribution is -2.00. The molecule has 1 heterocycles. The predicted octanol–water partition coefficient (Wildman–Crippen LogP) is 3.16. The highest BCUT2D eigenvalue weighted by molar-refractivity contribution is 6.30. The molecule has 0 saturated carbocycles. The van der Waals surface area contributed by atoms with Gasteiger partial charge in [-0.15, -0.1) is 0 Å². The number of benzene rings is 2. The summed E-state index contributed by atoms with van der Waals surface area (Å²) in [6.07, 6.45) is -0.822. The van der Waals surface area contributed by atoms with Gasteiger partial charge in [-0.2, -0.15) is 0 Å². The first-order valence-corrected chi connectivity index (χ1v) is 6.48. The van der Waals surface area contributed by atoms with Crippen LogP contribution in [0.1, 0.15) is 22.8 Å².